The van der Waals surface area contributed by atoms with Crippen molar-refractivity contribution in [2.75, 3.05) is 26.7 Å². The highest BCUT2D eigenvalue weighted by Gasteiger charge is 2.27. The number of rotatable bonds is 5. The molecule has 1 heterocycles. The third-order valence-corrected chi connectivity index (χ3v) is 4.49. The Hall–Kier alpha value is -0.680. The quantitative estimate of drug-likeness (QED) is 0.846. The third kappa shape index (κ3) is 5.71. The zero-order valence-corrected chi connectivity index (χ0v) is 15.7. The van der Waals surface area contributed by atoms with Crippen LogP contribution in [0.1, 0.15) is 19.8 Å². The van der Waals surface area contributed by atoms with E-state index in [-0.39, 0.29) is 18.3 Å². The first-order valence-electron chi connectivity index (χ1n) is 7.56. The molecule has 0 saturated carbocycles. The minimum atomic E-state index is -0.556. The lowest BCUT2D eigenvalue weighted by atomic mass is 9.96. The molecule has 0 bridgehead atoms. The van der Waals surface area contributed by atoms with Gasteiger partial charge >= 0.3 is 0 Å². The Balaban J connectivity index is 0.00000264. The molecule has 1 saturated heterocycles. The first kappa shape index (κ1) is 20.4. The van der Waals surface area contributed by atoms with Gasteiger partial charge in [0.15, 0.2) is 6.10 Å². The monoisotopic (exact) mass is 380 g/mol. The van der Waals surface area contributed by atoms with Crippen molar-refractivity contribution in [3.63, 3.8) is 0 Å². The number of hydrogen-bond donors (Lipinski definition) is 1. The van der Waals surface area contributed by atoms with E-state index in [0.29, 0.717) is 21.7 Å². The second-order valence-corrected chi connectivity index (χ2v) is 6.50. The molecule has 7 heteroatoms. The van der Waals surface area contributed by atoms with Gasteiger partial charge in [-0.25, -0.2) is 0 Å². The number of amides is 1. The molecule has 1 amide bonds. The fourth-order valence-electron chi connectivity index (χ4n) is 2.71. The van der Waals surface area contributed by atoms with Gasteiger partial charge in [-0.2, -0.15) is 0 Å². The molecule has 1 aliphatic rings. The Morgan fingerprint density at radius 1 is 1.39 bits per heavy atom. The number of hydrogen-bond acceptors (Lipinski definition) is 3. The zero-order valence-electron chi connectivity index (χ0n) is 13.4. The van der Waals surface area contributed by atoms with Gasteiger partial charge in [-0.3, -0.25) is 4.79 Å². The summed E-state index contributed by atoms with van der Waals surface area (Å²) in [6.07, 6.45) is 1.50. The number of benzene rings is 1. The van der Waals surface area contributed by atoms with E-state index in [4.69, 9.17) is 27.9 Å². The molecule has 0 aromatic heterocycles. The van der Waals surface area contributed by atoms with Crippen molar-refractivity contribution in [3.8, 4) is 5.75 Å². The molecule has 130 valence electrons. The Labute approximate surface area is 153 Å². The van der Waals surface area contributed by atoms with Gasteiger partial charge < -0.3 is 15.0 Å². The van der Waals surface area contributed by atoms with E-state index in [2.05, 4.69) is 5.32 Å². The lowest BCUT2D eigenvalue weighted by Crippen LogP contribution is -2.45. The predicted molar refractivity (Wildman–Crippen MR) is 97.0 cm³/mol. The van der Waals surface area contributed by atoms with Crippen LogP contribution in [0.3, 0.4) is 0 Å². The molecular formula is C16H23Cl3N2O2. The van der Waals surface area contributed by atoms with Crippen LogP contribution in [0, 0.1) is 5.92 Å². The summed E-state index contributed by atoms with van der Waals surface area (Å²) in [6, 6.07) is 5.00. The zero-order chi connectivity index (χ0) is 16.1. The largest absolute Gasteiger partial charge is 0.479 e. The van der Waals surface area contributed by atoms with Gasteiger partial charge in [-0.1, -0.05) is 23.2 Å². The lowest BCUT2D eigenvalue weighted by Gasteiger charge is -2.33. The first-order chi connectivity index (χ1) is 10.5. The van der Waals surface area contributed by atoms with Crippen molar-refractivity contribution < 1.29 is 9.53 Å². The molecule has 4 nitrogen and oxygen atoms in total. The van der Waals surface area contributed by atoms with Crippen LogP contribution in [0.2, 0.25) is 10.0 Å². The molecule has 1 aromatic carbocycles. The highest BCUT2D eigenvalue weighted by Crippen LogP contribution is 2.28. The maximum atomic E-state index is 12.5. The standard InChI is InChI=1S/C16H22Cl2N2O2.ClH/c1-11(22-15-4-3-13(17)9-14(15)18)16(21)20-7-5-12(6-8-20)10-19-2;/h3-4,9,11-12,19H,5-8,10H2,1-2H3;1H. The van der Waals surface area contributed by atoms with Gasteiger partial charge in [0.1, 0.15) is 5.75 Å². The average Bonchev–Trinajstić information content (AvgIpc) is 2.50. The summed E-state index contributed by atoms with van der Waals surface area (Å²) in [6.45, 7) is 4.34. The fraction of sp³-hybridized carbons (Fsp3) is 0.562. The molecule has 0 spiro atoms. The summed E-state index contributed by atoms with van der Waals surface area (Å²) in [7, 11) is 1.96. The Bertz CT molecular complexity index is 520. The van der Waals surface area contributed by atoms with Crippen LogP contribution >= 0.6 is 35.6 Å². The molecule has 1 fully saturated rings. The summed E-state index contributed by atoms with van der Waals surface area (Å²) in [5, 5.41) is 4.16. The van der Waals surface area contributed by atoms with Crippen LogP contribution in [0.15, 0.2) is 18.2 Å². The topological polar surface area (TPSA) is 41.6 Å². The van der Waals surface area contributed by atoms with Crippen molar-refractivity contribution >= 4 is 41.5 Å². The third-order valence-electron chi connectivity index (χ3n) is 3.96. The number of halogens is 3. The second kappa shape index (κ2) is 9.58. The molecule has 1 atom stereocenters. The van der Waals surface area contributed by atoms with Crippen LogP contribution in [0.4, 0.5) is 0 Å². The first-order valence-corrected chi connectivity index (χ1v) is 8.32. The van der Waals surface area contributed by atoms with Crippen molar-refractivity contribution in [2.24, 2.45) is 5.92 Å². The number of ether oxygens (including phenoxy) is 1. The number of likely N-dealkylation sites (tertiary alicyclic amines) is 1. The van der Waals surface area contributed by atoms with Crippen LogP contribution < -0.4 is 10.1 Å². The van der Waals surface area contributed by atoms with Gasteiger partial charge in [0, 0.05) is 18.1 Å². The van der Waals surface area contributed by atoms with E-state index >= 15 is 0 Å². The highest BCUT2D eigenvalue weighted by molar-refractivity contribution is 6.35. The van der Waals surface area contributed by atoms with E-state index in [9.17, 15) is 4.79 Å². The summed E-state index contributed by atoms with van der Waals surface area (Å²) in [5.41, 5.74) is 0. The molecule has 0 radical (unpaired) electrons. The van der Waals surface area contributed by atoms with Gasteiger partial charge in [-0.05, 0) is 57.5 Å². The maximum absolute atomic E-state index is 12.5. The Morgan fingerprint density at radius 2 is 2.04 bits per heavy atom. The van der Waals surface area contributed by atoms with Crippen molar-refractivity contribution in [1.82, 2.24) is 10.2 Å². The maximum Gasteiger partial charge on any atom is 0.263 e. The minimum Gasteiger partial charge on any atom is -0.479 e. The van der Waals surface area contributed by atoms with Crippen LogP contribution in [-0.4, -0.2) is 43.6 Å². The van der Waals surface area contributed by atoms with Gasteiger partial charge in [0.25, 0.3) is 5.91 Å². The minimum absolute atomic E-state index is 0. The van der Waals surface area contributed by atoms with Crippen molar-refractivity contribution in [2.45, 2.75) is 25.9 Å². The summed E-state index contributed by atoms with van der Waals surface area (Å²) in [5.74, 6) is 1.14. The normalized spacial score (nSPS) is 16.6. The summed E-state index contributed by atoms with van der Waals surface area (Å²) in [4.78, 5) is 14.3. The van der Waals surface area contributed by atoms with Crippen molar-refractivity contribution in [1.29, 1.82) is 0 Å². The summed E-state index contributed by atoms with van der Waals surface area (Å²) < 4.78 is 5.70. The molecular weight excluding hydrogens is 359 g/mol. The number of carbonyl (C=O) groups excluding carboxylic acids is 1. The van der Waals surface area contributed by atoms with E-state index in [1.54, 1.807) is 25.1 Å². The van der Waals surface area contributed by atoms with Crippen LogP contribution in [0.5, 0.6) is 5.75 Å². The second-order valence-electron chi connectivity index (χ2n) is 5.66. The van der Waals surface area contributed by atoms with E-state index in [1.165, 1.54) is 0 Å². The van der Waals surface area contributed by atoms with E-state index in [0.717, 1.165) is 32.5 Å². The Morgan fingerprint density at radius 3 is 2.61 bits per heavy atom. The number of nitrogens with one attached hydrogen (secondary N) is 1. The summed E-state index contributed by atoms with van der Waals surface area (Å²) >= 11 is 11.9. The SMILES string of the molecule is CNCC1CCN(C(=O)C(C)Oc2ccc(Cl)cc2Cl)CC1.Cl. The van der Waals surface area contributed by atoms with E-state index < -0.39 is 6.10 Å². The molecule has 1 aromatic rings. The van der Waals surface area contributed by atoms with Crippen LogP contribution in [0.25, 0.3) is 0 Å². The molecule has 1 unspecified atom stereocenters. The number of nitrogens with zero attached hydrogens (tertiary/aromatic N) is 1. The van der Waals surface area contributed by atoms with Gasteiger partial charge in [-0.15, -0.1) is 12.4 Å². The van der Waals surface area contributed by atoms with E-state index in [1.807, 2.05) is 11.9 Å². The Kier molecular flexibility index (Phi) is 8.48. The van der Waals surface area contributed by atoms with Gasteiger partial charge in [0.2, 0.25) is 0 Å². The smallest absolute Gasteiger partial charge is 0.263 e. The lowest BCUT2D eigenvalue weighted by molar-refractivity contribution is -0.139. The average molecular weight is 382 g/mol. The fourth-order valence-corrected chi connectivity index (χ4v) is 3.17. The van der Waals surface area contributed by atoms with Gasteiger partial charge in [0.05, 0.1) is 5.02 Å². The number of piperidine rings is 1. The molecule has 1 N–H and O–H groups in total. The highest BCUT2D eigenvalue weighted by atomic mass is 35.5. The molecule has 1 aliphatic heterocycles. The predicted octanol–water partition coefficient (Wildman–Crippen LogP) is 3.64. The number of carbonyl (C=O) groups is 1. The molecule has 23 heavy (non-hydrogen) atoms. The van der Waals surface area contributed by atoms with Crippen molar-refractivity contribution in [3.05, 3.63) is 28.2 Å². The van der Waals surface area contributed by atoms with Crippen LogP contribution in [-0.2, 0) is 4.79 Å². The molecule has 0 aliphatic carbocycles. The molecule has 2 rings (SSSR count).